The zero-order valence-corrected chi connectivity index (χ0v) is 11.6. The lowest BCUT2D eigenvalue weighted by molar-refractivity contribution is 0.0958. The summed E-state index contributed by atoms with van der Waals surface area (Å²) in [6, 6.07) is 9.48. The fourth-order valence-electron chi connectivity index (χ4n) is 1.65. The molecule has 0 saturated carbocycles. The Morgan fingerprint density at radius 2 is 1.94 bits per heavy atom. The average Bonchev–Trinajstić information content (AvgIpc) is 2.62. The van der Waals surface area contributed by atoms with Gasteiger partial charge in [-0.25, -0.2) is 0 Å². The third-order valence-electron chi connectivity index (χ3n) is 2.85. The zero-order valence-electron chi connectivity index (χ0n) is 9.97. The minimum atomic E-state index is 0. The highest BCUT2D eigenvalue weighted by Crippen LogP contribution is 2.30. The van der Waals surface area contributed by atoms with E-state index in [4.69, 9.17) is 0 Å². The fourth-order valence-corrected chi connectivity index (χ4v) is 2.62. The van der Waals surface area contributed by atoms with Crippen LogP contribution in [0, 0.1) is 0 Å². The number of hydrogen-bond acceptors (Lipinski definition) is 3. The van der Waals surface area contributed by atoms with Crippen LogP contribution in [0.1, 0.15) is 24.2 Å². The van der Waals surface area contributed by atoms with Crippen LogP contribution in [0.15, 0.2) is 40.9 Å². The van der Waals surface area contributed by atoms with Crippen molar-refractivity contribution in [3.8, 4) is 0 Å². The SMILES string of the molecule is CC1=C(C)N(CC(=O)c2ccccc2)CS1.Cl. The van der Waals surface area contributed by atoms with E-state index in [0.29, 0.717) is 6.54 Å². The van der Waals surface area contributed by atoms with Crippen molar-refractivity contribution in [2.45, 2.75) is 13.8 Å². The second kappa shape index (κ2) is 6.12. The van der Waals surface area contributed by atoms with Gasteiger partial charge in [0.1, 0.15) is 0 Å². The summed E-state index contributed by atoms with van der Waals surface area (Å²) in [7, 11) is 0. The maximum atomic E-state index is 12.0. The van der Waals surface area contributed by atoms with Gasteiger partial charge in [0.2, 0.25) is 0 Å². The molecule has 0 bridgehead atoms. The molecule has 0 aliphatic carbocycles. The standard InChI is InChI=1S/C13H15NOS.ClH/c1-10-11(2)16-9-14(10)8-13(15)12-6-4-3-5-7-12;/h3-7H,8-9H2,1-2H3;1H. The van der Waals surface area contributed by atoms with Crippen LogP contribution < -0.4 is 0 Å². The van der Waals surface area contributed by atoms with Crippen molar-refractivity contribution in [3.05, 3.63) is 46.5 Å². The van der Waals surface area contributed by atoms with Gasteiger partial charge in [0.25, 0.3) is 0 Å². The molecule has 0 amide bonds. The molecule has 0 N–H and O–H groups in total. The smallest absolute Gasteiger partial charge is 0.182 e. The molecule has 1 aromatic carbocycles. The van der Waals surface area contributed by atoms with Crippen molar-refractivity contribution >= 4 is 30.0 Å². The highest BCUT2D eigenvalue weighted by molar-refractivity contribution is 8.03. The van der Waals surface area contributed by atoms with E-state index in [2.05, 4.69) is 18.7 Å². The molecule has 1 heterocycles. The second-order valence-corrected chi connectivity index (χ2v) is 5.06. The first kappa shape index (κ1) is 14.1. The van der Waals surface area contributed by atoms with Gasteiger partial charge in [-0.05, 0) is 13.8 Å². The van der Waals surface area contributed by atoms with Gasteiger partial charge >= 0.3 is 0 Å². The summed E-state index contributed by atoms with van der Waals surface area (Å²) < 4.78 is 0. The number of carbonyl (C=O) groups is 1. The Morgan fingerprint density at radius 1 is 1.29 bits per heavy atom. The van der Waals surface area contributed by atoms with E-state index in [1.165, 1.54) is 10.6 Å². The van der Waals surface area contributed by atoms with Gasteiger partial charge in [-0.15, -0.1) is 24.2 Å². The Labute approximate surface area is 112 Å². The number of halogens is 1. The maximum absolute atomic E-state index is 12.0. The number of carbonyl (C=O) groups excluding carboxylic acids is 1. The number of Topliss-reactive ketones (excluding diaryl/α,β-unsaturated/α-hetero) is 1. The van der Waals surface area contributed by atoms with Crippen molar-refractivity contribution in [3.63, 3.8) is 0 Å². The van der Waals surface area contributed by atoms with Crippen LogP contribution in [0.5, 0.6) is 0 Å². The van der Waals surface area contributed by atoms with E-state index in [9.17, 15) is 4.79 Å². The monoisotopic (exact) mass is 269 g/mol. The number of benzene rings is 1. The van der Waals surface area contributed by atoms with Gasteiger partial charge in [-0.3, -0.25) is 4.79 Å². The van der Waals surface area contributed by atoms with Crippen LogP contribution in [0.25, 0.3) is 0 Å². The zero-order chi connectivity index (χ0) is 11.5. The first-order valence-electron chi connectivity index (χ1n) is 5.32. The van der Waals surface area contributed by atoms with Crippen LogP contribution in [-0.2, 0) is 0 Å². The maximum Gasteiger partial charge on any atom is 0.182 e. The molecule has 0 atom stereocenters. The molecule has 1 aromatic rings. The lowest BCUT2D eigenvalue weighted by Gasteiger charge is -2.18. The molecule has 0 aromatic heterocycles. The normalized spacial score (nSPS) is 14.8. The first-order chi connectivity index (χ1) is 7.68. The second-order valence-electron chi connectivity index (χ2n) is 3.90. The highest BCUT2D eigenvalue weighted by atomic mass is 35.5. The Hall–Kier alpha value is -0.930. The fraction of sp³-hybridized carbons (Fsp3) is 0.308. The molecule has 0 saturated heterocycles. The molecule has 92 valence electrons. The molecule has 0 fully saturated rings. The number of rotatable bonds is 3. The Balaban J connectivity index is 0.00000144. The largest absolute Gasteiger partial charge is 0.357 e. The molecule has 2 nitrogen and oxygen atoms in total. The Kier molecular flexibility index (Phi) is 5.09. The molecule has 0 radical (unpaired) electrons. The number of nitrogens with zero attached hydrogens (tertiary/aromatic N) is 1. The van der Waals surface area contributed by atoms with Crippen LogP contribution in [0.2, 0.25) is 0 Å². The molecule has 2 rings (SSSR count). The van der Waals surface area contributed by atoms with Crippen molar-refractivity contribution in [2.75, 3.05) is 12.4 Å². The number of allylic oxidation sites excluding steroid dienone is 2. The highest BCUT2D eigenvalue weighted by Gasteiger charge is 2.19. The summed E-state index contributed by atoms with van der Waals surface area (Å²) >= 11 is 1.80. The van der Waals surface area contributed by atoms with Gasteiger partial charge in [0.15, 0.2) is 5.78 Å². The molecular weight excluding hydrogens is 254 g/mol. The van der Waals surface area contributed by atoms with Crippen molar-refractivity contribution < 1.29 is 4.79 Å². The van der Waals surface area contributed by atoms with E-state index in [1.54, 1.807) is 11.8 Å². The molecule has 0 spiro atoms. The summed E-state index contributed by atoms with van der Waals surface area (Å²) in [5.41, 5.74) is 2.03. The summed E-state index contributed by atoms with van der Waals surface area (Å²) in [5, 5.41) is 0. The minimum Gasteiger partial charge on any atom is -0.357 e. The first-order valence-corrected chi connectivity index (χ1v) is 6.30. The van der Waals surface area contributed by atoms with E-state index in [0.717, 1.165) is 11.4 Å². The van der Waals surface area contributed by atoms with E-state index < -0.39 is 0 Å². The quantitative estimate of drug-likeness (QED) is 0.783. The molecule has 1 aliphatic heterocycles. The molecule has 0 unspecified atom stereocenters. The van der Waals surface area contributed by atoms with Crippen molar-refractivity contribution in [1.29, 1.82) is 0 Å². The topological polar surface area (TPSA) is 20.3 Å². The minimum absolute atomic E-state index is 0. The number of ketones is 1. The Morgan fingerprint density at radius 3 is 2.47 bits per heavy atom. The third-order valence-corrected chi connectivity index (χ3v) is 4.02. The van der Waals surface area contributed by atoms with Gasteiger partial charge in [0, 0.05) is 16.2 Å². The summed E-state index contributed by atoms with van der Waals surface area (Å²) in [4.78, 5) is 15.4. The van der Waals surface area contributed by atoms with Crippen molar-refractivity contribution in [1.82, 2.24) is 4.90 Å². The van der Waals surface area contributed by atoms with Crippen LogP contribution in [0.4, 0.5) is 0 Å². The van der Waals surface area contributed by atoms with Gasteiger partial charge < -0.3 is 4.90 Å². The number of hydrogen-bond donors (Lipinski definition) is 0. The Bertz CT molecular complexity index is 430. The summed E-state index contributed by atoms with van der Waals surface area (Å²) in [6.45, 7) is 4.67. The van der Waals surface area contributed by atoms with Gasteiger partial charge in [0.05, 0.1) is 12.4 Å². The van der Waals surface area contributed by atoms with Crippen molar-refractivity contribution in [2.24, 2.45) is 0 Å². The molecule has 4 heteroatoms. The lowest BCUT2D eigenvalue weighted by Crippen LogP contribution is -2.25. The van der Waals surface area contributed by atoms with Gasteiger partial charge in [-0.1, -0.05) is 30.3 Å². The van der Waals surface area contributed by atoms with E-state index >= 15 is 0 Å². The predicted octanol–water partition coefficient (Wildman–Crippen LogP) is 3.55. The van der Waals surface area contributed by atoms with E-state index in [-0.39, 0.29) is 18.2 Å². The van der Waals surface area contributed by atoms with Crippen LogP contribution in [0.3, 0.4) is 0 Å². The third kappa shape index (κ3) is 3.27. The molecular formula is C13H16ClNOS. The molecule has 1 aliphatic rings. The van der Waals surface area contributed by atoms with Crippen LogP contribution >= 0.6 is 24.2 Å². The lowest BCUT2D eigenvalue weighted by atomic mass is 10.1. The number of thioether (sulfide) groups is 1. The summed E-state index contributed by atoms with van der Waals surface area (Å²) in [6.07, 6.45) is 0. The predicted molar refractivity (Wildman–Crippen MR) is 75.6 cm³/mol. The van der Waals surface area contributed by atoms with E-state index in [1.807, 2.05) is 30.3 Å². The average molecular weight is 270 g/mol. The van der Waals surface area contributed by atoms with Crippen LogP contribution in [-0.4, -0.2) is 23.1 Å². The molecule has 17 heavy (non-hydrogen) atoms. The van der Waals surface area contributed by atoms with Gasteiger partial charge in [-0.2, -0.15) is 0 Å². The summed E-state index contributed by atoms with van der Waals surface area (Å²) in [5.74, 6) is 1.09.